The van der Waals surface area contributed by atoms with Crippen molar-refractivity contribution in [2.24, 2.45) is 0 Å². The first-order valence-corrected chi connectivity index (χ1v) is 4.42. The third kappa shape index (κ3) is 3.70. The Bertz CT molecular complexity index is 259. The second kappa shape index (κ2) is 5.54. The van der Waals surface area contributed by atoms with E-state index in [1.54, 1.807) is 12.1 Å². The summed E-state index contributed by atoms with van der Waals surface area (Å²) in [5.74, 6) is -1.04. The van der Waals surface area contributed by atoms with Crippen molar-refractivity contribution in [2.45, 2.75) is 26.8 Å². The molecule has 0 bridgehead atoms. The number of carbonyl (C=O) groups excluding carboxylic acids is 1. The quantitative estimate of drug-likeness (QED) is 0.426. The number of carbonyl (C=O) groups is 1. The topological polar surface area (TPSA) is 32.3 Å². The van der Waals surface area contributed by atoms with Crippen LogP contribution in [-0.4, -0.2) is 24.0 Å². The minimum Gasteiger partial charge on any atom is -0.285 e. The smallest absolute Gasteiger partial charge is 0.264 e. The van der Waals surface area contributed by atoms with Gasteiger partial charge in [-0.2, -0.15) is 0 Å². The molecule has 0 aromatic carbocycles. The van der Waals surface area contributed by atoms with Crippen molar-refractivity contribution < 1.29 is 9.18 Å². The van der Waals surface area contributed by atoms with Crippen LogP contribution in [-0.2, 0) is 4.79 Å². The number of nitrogens with one attached hydrogen (secondary N) is 1. The number of allylic oxidation sites excluding steroid dienone is 2. The van der Waals surface area contributed by atoms with E-state index in [-0.39, 0.29) is 11.6 Å². The van der Waals surface area contributed by atoms with E-state index in [0.29, 0.717) is 0 Å². The standard InChI is InChI=1S/C10H17FN2O/c1-6-9(11)8(4)10(14)12-13(5)7(2)3/h6-7H,1H2,2-5H3,(H,12,14)/b9-8-. The van der Waals surface area contributed by atoms with E-state index in [4.69, 9.17) is 0 Å². The summed E-state index contributed by atoms with van der Waals surface area (Å²) in [6, 6.07) is 0.165. The van der Waals surface area contributed by atoms with Gasteiger partial charge in [-0.05, 0) is 26.8 Å². The second-order valence-electron chi connectivity index (χ2n) is 3.32. The molecule has 0 aliphatic rings. The number of hydrazine groups is 1. The van der Waals surface area contributed by atoms with Crippen molar-refractivity contribution in [1.29, 1.82) is 0 Å². The van der Waals surface area contributed by atoms with Crippen LogP contribution in [0.2, 0.25) is 0 Å². The highest BCUT2D eigenvalue weighted by Crippen LogP contribution is 2.06. The molecule has 3 nitrogen and oxygen atoms in total. The third-order valence-corrected chi connectivity index (χ3v) is 1.93. The maximum atomic E-state index is 12.9. The summed E-state index contributed by atoms with van der Waals surface area (Å²) in [6.45, 7) is 8.51. The molecule has 0 aromatic heterocycles. The lowest BCUT2D eigenvalue weighted by atomic mass is 10.2. The zero-order valence-corrected chi connectivity index (χ0v) is 9.10. The SMILES string of the molecule is C=C/C(F)=C(\C)C(=O)NN(C)C(C)C. The maximum Gasteiger partial charge on any atom is 0.264 e. The molecule has 0 radical (unpaired) electrons. The van der Waals surface area contributed by atoms with Crippen LogP contribution in [0.3, 0.4) is 0 Å². The molecule has 0 unspecified atom stereocenters. The lowest BCUT2D eigenvalue weighted by molar-refractivity contribution is -0.122. The van der Waals surface area contributed by atoms with Gasteiger partial charge in [-0.15, -0.1) is 0 Å². The Labute approximate surface area is 84.3 Å². The van der Waals surface area contributed by atoms with Crippen molar-refractivity contribution >= 4 is 5.91 Å². The van der Waals surface area contributed by atoms with E-state index in [2.05, 4.69) is 12.0 Å². The van der Waals surface area contributed by atoms with Gasteiger partial charge in [-0.3, -0.25) is 10.2 Å². The van der Waals surface area contributed by atoms with Gasteiger partial charge in [0, 0.05) is 13.1 Å². The molecule has 0 saturated heterocycles. The molecule has 0 fully saturated rings. The number of hydrogen-bond donors (Lipinski definition) is 1. The number of halogens is 1. The van der Waals surface area contributed by atoms with Gasteiger partial charge in [0.1, 0.15) is 5.83 Å². The zero-order chi connectivity index (χ0) is 11.3. The number of amides is 1. The minimum atomic E-state index is -0.598. The molecule has 4 heteroatoms. The summed E-state index contributed by atoms with van der Waals surface area (Å²) in [5.41, 5.74) is 2.58. The molecule has 0 aromatic rings. The highest BCUT2D eigenvalue weighted by Gasteiger charge is 2.12. The molecule has 0 aliphatic heterocycles. The molecular weight excluding hydrogens is 183 g/mol. The zero-order valence-electron chi connectivity index (χ0n) is 9.10. The molecule has 1 amide bonds. The fourth-order valence-electron chi connectivity index (χ4n) is 0.635. The molecule has 0 aliphatic carbocycles. The van der Waals surface area contributed by atoms with Crippen LogP contribution in [0.5, 0.6) is 0 Å². The van der Waals surface area contributed by atoms with Crippen molar-refractivity contribution in [3.05, 3.63) is 24.1 Å². The largest absolute Gasteiger partial charge is 0.285 e. The summed E-state index contributed by atoms with van der Waals surface area (Å²) in [7, 11) is 1.72. The van der Waals surface area contributed by atoms with Gasteiger partial charge in [0.2, 0.25) is 0 Å². The van der Waals surface area contributed by atoms with Crippen molar-refractivity contribution in [1.82, 2.24) is 10.4 Å². The van der Waals surface area contributed by atoms with E-state index in [1.165, 1.54) is 6.92 Å². The van der Waals surface area contributed by atoms with E-state index < -0.39 is 11.7 Å². The molecule has 14 heavy (non-hydrogen) atoms. The highest BCUT2D eigenvalue weighted by atomic mass is 19.1. The Morgan fingerprint density at radius 1 is 1.57 bits per heavy atom. The monoisotopic (exact) mass is 200 g/mol. The summed E-state index contributed by atoms with van der Waals surface area (Å²) >= 11 is 0. The first-order valence-electron chi connectivity index (χ1n) is 4.42. The predicted octanol–water partition coefficient (Wildman–Crippen LogP) is 1.79. The highest BCUT2D eigenvalue weighted by molar-refractivity contribution is 5.93. The van der Waals surface area contributed by atoms with Crippen LogP contribution < -0.4 is 5.43 Å². The van der Waals surface area contributed by atoms with Gasteiger partial charge in [0.15, 0.2) is 0 Å². The third-order valence-electron chi connectivity index (χ3n) is 1.93. The van der Waals surface area contributed by atoms with Crippen molar-refractivity contribution in [2.75, 3.05) is 7.05 Å². The number of nitrogens with zero attached hydrogens (tertiary/aromatic N) is 1. The van der Waals surface area contributed by atoms with Crippen LogP contribution in [0.4, 0.5) is 4.39 Å². The Morgan fingerprint density at radius 2 is 2.07 bits per heavy atom. The van der Waals surface area contributed by atoms with Crippen LogP contribution in [0.25, 0.3) is 0 Å². The fourth-order valence-corrected chi connectivity index (χ4v) is 0.635. The summed E-state index contributed by atoms with van der Waals surface area (Å²) in [4.78, 5) is 11.4. The molecule has 80 valence electrons. The van der Waals surface area contributed by atoms with Crippen LogP contribution in [0.15, 0.2) is 24.1 Å². The Morgan fingerprint density at radius 3 is 2.43 bits per heavy atom. The fraction of sp³-hybridized carbons (Fsp3) is 0.500. The first kappa shape index (κ1) is 12.8. The lowest BCUT2D eigenvalue weighted by Crippen LogP contribution is -2.43. The summed E-state index contributed by atoms with van der Waals surface area (Å²) in [6.07, 6.45) is 1.02. The van der Waals surface area contributed by atoms with Gasteiger partial charge in [0.25, 0.3) is 5.91 Å². The van der Waals surface area contributed by atoms with E-state index in [9.17, 15) is 9.18 Å². The molecule has 0 spiro atoms. The Hall–Kier alpha value is -1.16. The molecular formula is C10H17FN2O. The Kier molecular flexibility index (Phi) is 5.09. The van der Waals surface area contributed by atoms with E-state index in [0.717, 1.165) is 6.08 Å². The lowest BCUT2D eigenvalue weighted by Gasteiger charge is -2.21. The van der Waals surface area contributed by atoms with E-state index in [1.807, 2.05) is 13.8 Å². The van der Waals surface area contributed by atoms with E-state index >= 15 is 0 Å². The predicted molar refractivity (Wildman–Crippen MR) is 55.0 cm³/mol. The average Bonchev–Trinajstić information content (AvgIpc) is 2.14. The molecule has 1 N–H and O–H groups in total. The van der Waals surface area contributed by atoms with Crippen LogP contribution in [0, 0.1) is 0 Å². The molecule has 0 atom stereocenters. The molecule has 0 saturated carbocycles. The average molecular weight is 200 g/mol. The first-order chi connectivity index (χ1) is 6.40. The van der Waals surface area contributed by atoms with Crippen molar-refractivity contribution in [3.63, 3.8) is 0 Å². The second-order valence-corrected chi connectivity index (χ2v) is 3.32. The van der Waals surface area contributed by atoms with Gasteiger partial charge in [-0.1, -0.05) is 6.58 Å². The normalized spacial score (nSPS) is 12.8. The maximum absolute atomic E-state index is 12.9. The molecule has 0 rings (SSSR count). The molecule has 0 heterocycles. The van der Waals surface area contributed by atoms with Crippen LogP contribution >= 0.6 is 0 Å². The van der Waals surface area contributed by atoms with Gasteiger partial charge >= 0.3 is 0 Å². The number of hydrogen-bond acceptors (Lipinski definition) is 2. The summed E-state index contributed by atoms with van der Waals surface area (Å²) in [5, 5.41) is 1.61. The van der Waals surface area contributed by atoms with Gasteiger partial charge in [0.05, 0.1) is 5.57 Å². The minimum absolute atomic E-state index is 0.0347. The van der Waals surface area contributed by atoms with Crippen molar-refractivity contribution in [3.8, 4) is 0 Å². The number of rotatable bonds is 4. The van der Waals surface area contributed by atoms with Gasteiger partial charge < -0.3 is 0 Å². The van der Waals surface area contributed by atoms with Gasteiger partial charge in [-0.25, -0.2) is 9.40 Å². The Balaban J connectivity index is 4.44. The van der Waals surface area contributed by atoms with Crippen LogP contribution in [0.1, 0.15) is 20.8 Å². The summed E-state index contributed by atoms with van der Waals surface area (Å²) < 4.78 is 12.9.